The van der Waals surface area contributed by atoms with Gasteiger partial charge in [0.1, 0.15) is 42.0 Å². The van der Waals surface area contributed by atoms with E-state index < -0.39 is 72.4 Å². The predicted octanol–water partition coefficient (Wildman–Crippen LogP) is 1.66. The van der Waals surface area contributed by atoms with Crippen LogP contribution in [0.5, 0.6) is 11.5 Å². The molecule has 0 saturated carbocycles. The Morgan fingerprint density at radius 2 is 1.98 bits per heavy atom. The lowest BCUT2D eigenvalue weighted by atomic mass is 9.81. The van der Waals surface area contributed by atoms with Crippen LogP contribution in [0.4, 0.5) is 4.79 Å². The van der Waals surface area contributed by atoms with Crippen molar-refractivity contribution in [3.05, 3.63) is 58.7 Å². The molecular formula is C35H33NO11. The number of aromatic hydroxyl groups is 1. The third kappa shape index (κ3) is 5.10. The normalized spacial score (nSPS) is 36.2. The number of carbonyl (C=O) groups is 2. The molecule has 2 aliphatic carbocycles. The van der Waals surface area contributed by atoms with Crippen LogP contribution in [0, 0.1) is 36.5 Å². The number of epoxide rings is 1. The van der Waals surface area contributed by atoms with Gasteiger partial charge in [-0.25, -0.2) is 9.59 Å². The number of phenols is 1. The fraction of sp³-hybridized carbons (Fsp3) is 0.429. The maximum Gasteiger partial charge on any atom is 0.508 e. The van der Waals surface area contributed by atoms with E-state index in [-0.39, 0.29) is 17.9 Å². The Bertz CT molecular complexity index is 1860. The molecule has 3 saturated heterocycles. The highest BCUT2D eigenvalue weighted by molar-refractivity contribution is 6.08. The van der Waals surface area contributed by atoms with E-state index in [0.717, 1.165) is 10.9 Å². The second kappa shape index (κ2) is 11.6. The number of aryl methyl sites for hydroxylation is 1. The quantitative estimate of drug-likeness (QED) is 0.205. The standard InChI is InChI=1S/C35H33NO11/c1-16-12-19(42-4)14-22-20(16)8-9-23(37)27(22)33(40)45-24-13-18-10-11-35(26-15-43-34(41)46-26)25(47-35)7-5-6-21(18)28(24)32-29(36-3)31(39)30(38)17(2)44-32/h6,8-9,12-14,17,24-26,28-32,36-39H,15H2,1-4H3/b21-6+/t17-,24+,25?,26-,28+,29+,30-,31+,32-,35-/m0/s1. The van der Waals surface area contributed by atoms with Crippen molar-refractivity contribution in [3.8, 4) is 35.2 Å². The highest BCUT2D eigenvalue weighted by Crippen LogP contribution is 2.45. The van der Waals surface area contributed by atoms with Gasteiger partial charge in [0.05, 0.1) is 31.3 Å². The van der Waals surface area contributed by atoms with Gasteiger partial charge in [0.15, 0.2) is 12.2 Å². The van der Waals surface area contributed by atoms with E-state index >= 15 is 0 Å². The van der Waals surface area contributed by atoms with Crippen LogP contribution in [0.15, 0.2) is 47.6 Å². The number of likely N-dealkylation sites (N-methyl/N-ethyl adjacent to an activating group) is 1. The Balaban J connectivity index is 1.31. The second-order valence-corrected chi connectivity index (χ2v) is 12.2. The summed E-state index contributed by atoms with van der Waals surface area (Å²) in [4.78, 5) is 25.8. The zero-order valence-electron chi connectivity index (χ0n) is 26.0. The number of cyclic esters (lactones) is 2. The summed E-state index contributed by atoms with van der Waals surface area (Å²) in [6.45, 7) is 3.49. The Morgan fingerprint density at radius 3 is 2.70 bits per heavy atom. The van der Waals surface area contributed by atoms with Crippen molar-refractivity contribution in [1.29, 1.82) is 0 Å². The molecule has 244 valence electrons. The molecule has 12 nitrogen and oxygen atoms in total. The Morgan fingerprint density at radius 1 is 1.17 bits per heavy atom. The molecule has 10 atom stereocenters. The summed E-state index contributed by atoms with van der Waals surface area (Å²) in [6.07, 6.45) is -3.85. The highest BCUT2D eigenvalue weighted by atomic mass is 16.8. The molecule has 1 unspecified atom stereocenters. The molecule has 0 aromatic heterocycles. The number of methoxy groups -OCH3 is 1. The maximum absolute atomic E-state index is 14.1. The van der Waals surface area contributed by atoms with Crippen LogP contribution >= 0.6 is 0 Å². The minimum Gasteiger partial charge on any atom is -0.507 e. The van der Waals surface area contributed by atoms with Crippen LogP contribution in [0.2, 0.25) is 0 Å². The lowest BCUT2D eigenvalue weighted by molar-refractivity contribution is -0.192. The number of esters is 1. The van der Waals surface area contributed by atoms with Crippen molar-refractivity contribution in [1.82, 2.24) is 5.32 Å². The van der Waals surface area contributed by atoms with Gasteiger partial charge in [-0.15, -0.1) is 0 Å². The first-order valence-corrected chi connectivity index (χ1v) is 15.2. The number of hydrogen-bond acceptors (Lipinski definition) is 12. The summed E-state index contributed by atoms with van der Waals surface area (Å²) in [6, 6.07) is 5.88. The van der Waals surface area contributed by atoms with Gasteiger partial charge < -0.3 is 49.1 Å². The molecule has 0 bridgehead atoms. The third-order valence-corrected chi connectivity index (χ3v) is 9.49. The number of allylic oxidation sites excluding steroid dienone is 2. The van der Waals surface area contributed by atoms with Crippen LogP contribution in [0.3, 0.4) is 0 Å². The third-order valence-electron chi connectivity index (χ3n) is 9.49. The number of fused-ring (bicyclic) bond motifs is 3. The molecule has 12 heteroatoms. The molecule has 3 aliphatic heterocycles. The molecule has 2 aromatic rings. The number of nitrogens with one attached hydrogen (secondary N) is 1. The van der Waals surface area contributed by atoms with E-state index in [1.54, 1.807) is 38.3 Å². The Labute approximate surface area is 270 Å². The van der Waals surface area contributed by atoms with Crippen LogP contribution in [0.25, 0.3) is 10.8 Å². The van der Waals surface area contributed by atoms with Crippen molar-refractivity contribution in [2.45, 2.75) is 68.2 Å². The molecular weight excluding hydrogens is 610 g/mol. The van der Waals surface area contributed by atoms with Crippen LogP contribution in [-0.4, -0.2) is 103 Å². The summed E-state index contributed by atoms with van der Waals surface area (Å²) in [5.41, 5.74) is 0.652. The monoisotopic (exact) mass is 643 g/mol. The van der Waals surface area contributed by atoms with E-state index in [9.17, 15) is 24.9 Å². The van der Waals surface area contributed by atoms with Gasteiger partial charge >= 0.3 is 12.1 Å². The SMILES string of the molecule is CN[C@@H]1[C@@H](O)[C@@H](O)[C@H](C)O[C@H]1[C@@H]1/C2=C/C#CC3O[C@@]3([C@@H]3COC(=O)O3)C#CC2=C[C@H]1OC(=O)c1c(O)ccc2c(C)cc(OC)cc12. The number of aliphatic hydroxyl groups is 2. The Kier molecular flexibility index (Phi) is 7.66. The lowest BCUT2D eigenvalue weighted by Gasteiger charge is -2.45. The van der Waals surface area contributed by atoms with E-state index in [4.69, 9.17) is 28.4 Å². The number of rotatable bonds is 6. The van der Waals surface area contributed by atoms with Crippen molar-refractivity contribution >= 4 is 22.9 Å². The van der Waals surface area contributed by atoms with Crippen molar-refractivity contribution in [3.63, 3.8) is 0 Å². The zero-order chi connectivity index (χ0) is 33.2. The summed E-state index contributed by atoms with van der Waals surface area (Å²) >= 11 is 0. The maximum atomic E-state index is 14.1. The van der Waals surface area contributed by atoms with E-state index in [1.165, 1.54) is 13.2 Å². The summed E-state index contributed by atoms with van der Waals surface area (Å²) in [5.74, 6) is 11.0. The topological polar surface area (TPSA) is 166 Å². The molecule has 0 radical (unpaired) electrons. The largest absolute Gasteiger partial charge is 0.508 e. The van der Waals surface area contributed by atoms with Gasteiger partial charge in [0.25, 0.3) is 0 Å². The molecule has 3 fully saturated rings. The van der Waals surface area contributed by atoms with Gasteiger partial charge in [-0.1, -0.05) is 29.7 Å². The number of ether oxygens (including phenoxy) is 6. The molecule has 7 rings (SSSR count). The zero-order valence-corrected chi connectivity index (χ0v) is 26.0. The van der Waals surface area contributed by atoms with Crippen LogP contribution < -0.4 is 10.1 Å². The average molecular weight is 644 g/mol. The summed E-state index contributed by atoms with van der Waals surface area (Å²) in [7, 11) is 3.15. The molecule has 47 heavy (non-hydrogen) atoms. The first kappa shape index (κ1) is 31.1. The van der Waals surface area contributed by atoms with Gasteiger partial charge in [-0.2, -0.15) is 0 Å². The lowest BCUT2D eigenvalue weighted by Crippen LogP contribution is -2.64. The smallest absolute Gasteiger partial charge is 0.507 e. The second-order valence-electron chi connectivity index (χ2n) is 12.2. The number of hydrogen-bond donors (Lipinski definition) is 4. The number of benzene rings is 2. The van der Waals surface area contributed by atoms with E-state index in [1.807, 2.05) is 13.0 Å². The molecule has 2 aromatic carbocycles. The van der Waals surface area contributed by atoms with E-state index in [2.05, 4.69) is 29.0 Å². The van der Waals surface area contributed by atoms with E-state index in [0.29, 0.717) is 22.3 Å². The minimum absolute atomic E-state index is 0.0372. The molecule has 5 aliphatic rings. The number of phenolic OH excluding ortho intramolecular Hbond substituents is 1. The van der Waals surface area contributed by atoms with Gasteiger partial charge in [-0.3, -0.25) is 0 Å². The molecule has 0 spiro atoms. The first-order chi connectivity index (χ1) is 22.6. The summed E-state index contributed by atoms with van der Waals surface area (Å²) < 4.78 is 34.0. The molecule has 4 N–H and O–H groups in total. The summed E-state index contributed by atoms with van der Waals surface area (Å²) in [5, 5.41) is 36.9. The van der Waals surface area contributed by atoms with Crippen LogP contribution in [0.1, 0.15) is 22.8 Å². The number of carbonyl (C=O) groups excluding carboxylic acids is 2. The Hall–Kier alpha value is -4.56. The van der Waals surface area contributed by atoms with Gasteiger partial charge in [0.2, 0.25) is 5.60 Å². The van der Waals surface area contributed by atoms with Crippen molar-refractivity contribution < 1.29 is 53.3 Å². The predicted molar refractivity (Wildman–Crippen MR) is 164 cm³/mol. The average Bonchev–Trinajstić information content (AvgIpc) is 3.35. The van der Waals surface area contributed by atoms with Crippen molar-refractivity contribution in [2.24, 2.45) is 5.92 Å². The first-order valence-electron chi connectivity index (χ1n) is 15.2. The molecule has 3 heterocycles. The fourth-order valence-corrected chi connectivity index (χ4v) is 6.93. The fourth-order valence-electron chi connectivity index (χ4n) is 6.93. The molecule has 0 amide bonds. The minimum atomic E-state index is -1.21. The van der Waals surface area contributed by atoms with Gasteiger partial charge in [-0.05, 0) is 67.8 Å². The van der Waals surface area contributed by atoms with Gasteiger partial charge in [0, 0.05) is 11.0 Å². The highest BCUT2D eigenvalue weighted by Gasteiger charge is 2.65. The van der Waals surface area contributed by atoms with Crippen molar-refractivity contribution in [2.75, 3.05) is 20.8 Å². The van der Waals surface area contributed by atoms with Crippen LogP contribution in [-0.2, 0) is 23.7 Å². The number of aliphatic hydroxyl groups excluding tert-OH is 2.